The summed E-state index contributed by atoms with van der Waals surface area (Å²) in [5.74, 6) is -1.95. The second-order valence-corrected chi connectivity index (χ2v) is 14.3. The van der Waals surface area contributed by atoms with Crippen LogP contribution in [0.3, 0.4) is 0 Å². The van der Waals surface area contributed by atoms with Gasteiger partial charge in [-0.15, -0.1) is 11.3 Å². The highest BCUT2D eigenvalue weighted by atomic mass is 32.1. The molecule has 1 aliphatic carbocycles. The minimum absolute atomic E-state index is 0.0750. The number of carbonyl (C=O) groups excluding carboxylic acids is 3. The standard InChI is InChI=1S/C38H37F2N5O6S/c1-37(2,3)51-36(48)45(18-19-49-4)22-26-6-5-7-28(42-26)32-21-29-33(52-32)31(14-17-41-29)50-30-13-12-25(20-27(30)40)44-35(47)38(15-16-38)34(46)43-24-10-8-23(39)9-11-24/h5-14,17,20-21H,15-16,18-19,22H2,1-4H3,(H,43,46)(H,44,47). The molecule has 1 fully saturated rings. The van der Waals surface area contributed by atoms with Crippen molar-refractivity contribution in [1.82, 2.24) is 14.9 Å². The van der Waals surface area contributed by atoms with Crippen molar-refractivity contribution in [2.75, 3.05) is 30.9 Å². The number of carbonyl (C=O) groups is 3. The van der Waals surface area contributed by atoms with Crippen LogP contribution in [-0.2, 0) is 25.6 Å². The molecule has 0 saturated heterocycles. The third-order valence-corrected chi connectivity index (χ3v) is 9.30. The summed E-state index contributed by atoms with van der Waals surface area (Å²) < 4.78 is 46.1. The van der Waals surface area contributed by atoms with E-state index in [0.717, 1.165) is 10.9 Å². The van der Waals surface area contributed by atoms with Crippen molar-refractivity contribution in [1.29, 1.82) is 0 Å². The Morgan fingerprint density at radius 3 is 2.31 bits per heavy atom. The van der Waals surface area contributed by atoms with Gasteiger partial charge in [-0.3, -0.25) is 24.5 Å². The van der Waals surface area contributed by atoms with Crippen LogP contribution in [-0.4, -0.2) is 58.6 Å². The second-order valence-electron chi connectivity index (χ2n) is 13.3. The summed E-state index contributed by atoms with van der Waals surface area (Å²) in [4.78, 5) is 50.5. The van der Waals surface area contributed by atoms with E-state index in [9.17, 15) is 18.8 Å². The van der Waals surface area contributed by atoms with Crippen molar-refractivity contribution in [2.45, 2.75) is 45.8 Å². The predicted molar refractivity (Wildman–Crippen MR) is 193 cm³/mol. The molecule has 1 saturated carbocycles. The van der Waals surface area contributed by atoms with Crippen LogP contribution < -0.4 is 15.4 Å². The lowest BCUT2D eigenvalue weighted by Crippen LogP contribution is -2.38. The van der Waals surface area contributed by atoms with E-state index < -0.39 is 40.6 Å². The number of halogens is 2. The monoisotopic (exact) mass is 729 g/mol. The molecule has 52 heavy (non-hydrogen) atoms. The van der Waals surface area contributed by atoms with Crippen LogP contribution >= 0.6 is 11.3 Å². The first-order chi connectivity index (χ1) is 24.8. The number of fused-ring (bicyclic) bond motifs is 1. The number of aromatic nitrogens is 2. The smallest absolute Gasteiger partial charge is 0.410 e. The molecule has 1 aliphatic rings. The third kappa shape index (κ3) is 8.52. The Balaban J connectivity index is 1.15. The number of methoxy groups -OCH3 is 1. The highest BCUT2D eigenvalue weighted by Gasteiger charge is 2.56. The molecular formula is C38H37F2N5O6S. The number of benzene rings is 2. The Labute approximate surface area is 302 Å². The molecule has 3 heterocycles. The van der Waals surface area contributed by atoms with Crippen LogP contribution in [0.15, 0.2) is 79.0 Å². The zero-order chi connectivity index (χ0) is 37.0. The van der Waals surface area contributed by atoms with Gasteiger partial charge in [0, 0.05) is 43.4 Å². The molecule has 3 amide bonds. The van der Waals surface area contributed by atoms with E-state index in [2.05, 4.69) is 15.6 Å². The summed E-state index contributed by atoms with van der Waals surface area (Å²) >= 11 is 1.37. The van der Waals surface area contributed by atoms with Crippen LogP contribution in [0.25, 0.3) is 20.8 Å². The lowest BCUT2D eigenvalue weighted by Gasteiger charge is -2.27. The molecule has 2 aromatic carbocycles. The normalized spacial score (nSPS) is 13.3. The first kappa shape index (κ1) is 36.3. The molecular weight excluding hydrogens is 693 g/mol. The number of ether oxygens (including phenoxy) is 3. The molecule has 2 N–H and O–H groups in total. The van der Waals surface area contributed by atoms with Gasteiger partial charge < -0.3 is 24.8 Å². The minimum Gasteiger partial charge on any atom is -0.453 e. The Kier molecular flexibility index (Phi) is 10.5. The summed E-state index contributed by atoms with van der Waals surface area (Å²) in [6.07, 6.45) is 1.75. The first-order valence-corrected chi connectivity index (χ1v) is 17.3. The molecule has 11 nitrogen and oxygen atoms in total. The summed E-state index contributed by atoms with van der Waals surface area (Å²) in [5.41, 5.74) is 0.506. The van der Waals surface area contributed by atoms with Gasteiger partial charge in [-0.1, -0.05) is 6.07 Å². The van der Waals surface area contributed by atoms with Gasteiger partial charge >= 0.3 is 6.09 Å². The lowest BCUT2D eigenvalue weighted by molar-refractivity contribution is -0.131. The summed E-state index contributed by atoms with van der Waals surface area (Å²) in [6.45, 7) is 6.29. The maximum absolute atomic E-state index is 15.4. The molecule has 0 bridgehead atoms. The van der Waals surface area contributed by atoms with E-state index in [4.69, 9.17) is 19.2 Å². The van der Waals surface area contributed by atoms with Gasteiger partial charge in [-0.25, -0.2) is 13.6 Å². The van der Waals surface area contributed by atoms with Crippen LogP contribution in [0.4, 0.5) is 25.0 Å². The predicted octanol–water partition coefficient (Wildman–Crippen LogP) is 8.17. The average Bonchev–Trinajstić information content (AvgIpc) is 3.80. The van der Waals surface area contributed by atoms with E-state index in [1.54, 1.807) is 24.3 Å². The van der Waals surface area contributed by atoms with Crippen molar-refractivity contribution in [3.05, 3.63) is 96.3 Å². The topological polar surface area (TPSA) is 132 Å². The number of nitrogens with zero attached hydrogens (tertiary/aromatic N) is 3. The lowest BCUT2D eigenvalue weighted by atomic mass is 10.0. The Hall–Kier alpha value is -5.47. The highest BCUT2D eigenvalue weighted by Crippen LogP contribution is 2.48. The largest absolute Gasteiger partial charge is 0.453 e. The number of nitrogens with one attached hydrogen (secondary N) is 2. The van der Waals surface area contributed by atoms with Crippen molar-refractivity contribution < 1.29 is 37.4 Å². The Morgan fingerprint density at radius 2 is 1.63 bits per heavy atom. The number of thiophene rings is 1. The van der Waals surface area contributed by atoms with Crippen molar-refractivity contribution in [3.8, 4) is 22.1 Å². The van der Waals surface area contributed by atoms with Gasteiger partial charge in [0.15, 0.2) is 11.6 Å². The molecule has 0 atom stereocenters. The Morgan fingerprint density at radius 1 is 0.923 bits per heavy atom. The van der Waals surface area contributed by atoms with Crippen LogP contribution in [0.1, 0.15) is 39.3 Å². The van der Waals surface area contributed by atoms with E-state index >= 15 is 4.39 Å². The highest BCUT2D eigenvalue weighted by molar-refractivity contribution is 7.22. The van der Waals surface area contributed by atoms with Crippen LogP contribution in [0, 0.1) is 17.0 Å². The quantitative estimate of drug-likeness (QED) is 0.123. The zero-order valence-electron chi connectivity index (χ0n) is 29.0. The minimum atomic E-state index is -1.30. The number of hydrogen-bond donors (Lipinski definition) is 2. The van der Waals surface area contributed by atoms with Crippen molar-refractivity contribution in [2.24, 2.45) is 5.41 Å². The third-order valence-electron chi connectivity index (χ3n) is 8.14. The van der Waals surface area contributed by atoms with E-state index in [1.807, 2.05) is 45.0 Å². The van der Waals surface area contributed by atoms with Crippen molar-refractivity contribution in [3.63, 3.8) is 0 Å². The van der Waals surface area contributed by atoms with Gasteiger partial charge in [0.05, 0.1) is 39.6 Å². The maximum atomic E-state index is 15.4. The first-order valence-electron chi connectivity index (χ1n) is 16.5. The average molecular weight is 730 g/mol. The van der Waals surface area contributed by atoms with Crippen LogP contribution in [0.2, 0.25) is 0 Å². The molecule has 14 heteroatoms. The fourth-order valence-corrected chi connectivity index (χ4v) is 6.32. The Bertz CT molecular complexity index is 2110. The van der Waals surface area contributed by atoms with E-state index in [0.29, 0.717) is 59.0 Å². The summed E-state index contributed by atoms with van der Waals surface area (Å²) in [6, 6.07) is 18.3. The van der Waals surface area contributed by atoms with Gasteiger partial charge in [-0.2, -0.15) is 0 Å². The molecule has 0 aliphatic heterocycles. The number of amides is 3. The number of rotatable bonds is 12. The van der Waals surface area contributed by atoms with Crippen molar-refractivity contribution >= 4 is 50.8 Å². The SMILES string of the molecule is COCCN(Cc1cccc(-c2cc3nccc(Oc4ccc(NC(=O)C5(C(=O)Nc6ccc(F)cc6)CC5)cc4F)c3s2)n1)C(=O)OC(C)(C)C. The van der Waals surface area contributed by atoms with Gasteiger partial charge in [-0.05, 0) is 88.2 Å². The van der Waals surface area contributed by atoms with E-state index in [-0.39, 0.29) is 18.0 Å². The van der Waals surface area contributed by atoms with Gasteiger partial charge in [0.2, 0.25) is 11.8 Å². The molecule has 3 aromatic heterocycles. The van der Waals surface area contributed by atoms with Gasteiger partial charge in [0.25, 0.3) is 0 Å². The fraction of sp³-hybridized carbons (Fsp3) is 0.289. The number of hydrogen-bond acceptors (Lipinski definition) is 9. The summed E-state index contributed by atoms with van der Waals surface area (Å²) in [7, 11) is 1.57. The fourth-order valence-electron chi connectivity index (χ4n) is 5.28. The van der Waals surface area contributed by atoms with Gasteiger partial charge in [0.1, 0.15) is 22.6 Å². The van der Waals surface area contributed by atoms with Crippen LogP contribution in [0.5, 0.6) is 11.5 Å². The molecule has 270 valence electrons. The molecule has 5 aromatic rings. The second kappa shape index (κ2) is 15.0. The molecule has 0 unspecified atom stereocenters. The van der Waals surface area contributed by atoms with E-state index in [1.165, 1.54) is 47.7 Å². The summed E-state index contributed by atoms with van der Waals surface area (Å²) in [5, 5.41) is 5.29. The maximum Gasteiger partial charge on any atom is 0.410 e. The molecule has 0 radical (unpaired) electrons. The number of anilines is 2. The zero-order valence-corrected chi connectivity index (χ0v) is 29.8. The molecule has 0 spiro atoms. The number of pyridine rings is 2. The molecule has 6 rings (SSSR count).